The Kier molecular flexibility index (Phi) is 5.41. The van der Waals surface area contributed by atoms with Crippen LogP contribution in [-0.2, 0) is 4.79 Å². The lowest BCUT2D eigenvalue weighted by Crippen LogP contribution is -2.40. The van der Waals surface area contributed by atoms with Crippen LogP contribution in [0.1, 0.15) is 43.0 Å². The minimum Gasteiger partial charge on any atom is -0.339 e. The van der Waals surface area contributed by atoms with Crippen molar-refractivity contribution in [3.8, 4) is 0 Å². The maximum Gasteiger partial charge on any atom is 0.256 e. The number of amides is 2. The van der Waals surface area contributed by atoms with Crippen LogP contribution in [0.15, 0.2) is 18.2 Å². The fraction of sp³-hybridized carbons (Fsp3) is 0.556. The number of halogens is 1. The normalized spacial score (nSPS) is 24.0. The van der Waals surface area contributed by atoms with Gasteiger partial charge in [-0.1, -0.05) is 11.6 Å². The molecule has 6 heteroatoms. The molecule has 130 valence electrons. The van der Waals surface area contributed by atoms with E-state index in [-0.39, 0.29) is 17.7 Å². The molecule has 2 aliphatic rings. The Bertz CT molecular complexity index is 629. The summed E-state index contributed by atoms with van der Waals surface area (Å²) in [5.74, 6) is -0.0863. The highest BCUT2D eigenvalue weighted by Gasteiger charge is 2.27. The lowest BCUT2D eigenvalue weighted by molar-refractivity contribution is -0.120. The van der Waals surface area contributed by atoms with Crippen LogP contribution in [0.2, 0.25) is 5.02 Å². The van der Waals surface area contributed by atoms with Gasteiger partial charge in [-0.25, -0.2) is 0 Å². The van der Waals surface area contributed by atoms with Crippen LogP contribution in [0, 0.1) is 5.92 Å². The van der Waals surface area contributed by atoms with E-state index in [1.807, 2.05) is 4.90 Å². The van der Waals surface area contributed by atoms with Gasteiger partial charge in [0.05, 0.1) is 11.3 Å². The quantitative estimate of drug-likeness (QED) is 0.882. The summed E-state index contributed by atoms with van der Waals surface area (Å²) < 4.78 is 0. The van der Waals surface area contributed by atoms with E-state index in [4.69, 9.17) is 11.6 Å². The number of nitrogens with zero attached hydrogens (tertiary/aromatic N) is 1. The molecule has 0 spiro atoms. The van der Waals surface area contributed by atoms with Crippen molar-refractivity contribution in [2.75, 3.05) is 25.0 Å². The topological polar surface area (TPSA) is 61.4 Å². The second kappa shape index (κ2) is 7.53. The average molecular weight is 350 g/mol. The van der Waals surface area contributed by atoms with E-state index in [1.54, 1.807) is 18.2 Å². The first-order valence-electron chi connectivity index (χ1n) is 8.67. The Morgan fingerprint density at radius 1 is 1.29 bits per heavy atom. The first kappa shape index (κ1) is 17.2. The molecular weight excluding hydrogens is 326 g/mol. The van der Waals surface area contributed by atoms with Crippen molar-refractivity contribution in [1.82, 2.24) is 10.2 Å². The van der Waals surface area contributed by atoms with Gasteiger partial charge in [0, 0.05) is 30.1 Å². The lowest BCUT2D eigenvalue weighted by Gasteiger charge is -2.27. The molecule has 2 saturated heterocycles. The molecule has 0 unspecified atom stereocenters. The van der Waals surface area contributed by atoms with E-state index in [1.165, 1.54) is 0 Å². The first-order valence-corrected chi connectivity index (χ1v) is 9.05. The fourth-order valence-electron chi connectivity index (χ4n) is 3.50. The number of piperidine rings is 1. The van der Waals surface area contributed by atoms with Crippen LogP contribution < -0.4 is 10.6 Å². The molecule has 3 rings (SSSR count). The third-order valence-corrected chi connectivity index (χ3v) is 5.09. The largest absolute Gasteiger partial charge is 0.339 e. The van der Waals surface area contributed by atoms with Gasteiger partial charge in [-0.2, -0.15) is 0 Å². The van der Waals surface area contributed by atoms with Gasteiger partial charge in [-0.3, -0.25) is 9.59 Å². The molecule has 0 bridgehead atoms. The predicted octanol–water partition coefficient (Wildman–Crippen LogP) is 2.90. The molecule has 0 aliphatic carbocycles. The molecule has 0 saturated carbocycles. The minimum atomic E-state index is -0.0519. The molecule has 2 fully saturated rings. The Labute approximate surface area is 147 Å². The SMILES string of the molecule is C[C@H]1C[C@@H](C(=O)Nc2ccc(Cl)cc2C(=O)N2CCCC2)CCN1. The molecule has 0 aromatic heterocycles. The highest BCUT2D eigenvalue weighted by Crippen LogP contribution is 2.26. The number of hydrogen-bond donors (Lipinski definition) is 2. The summed E-state index contributed by atoms with van der Waals surface area (Å²) in [5.41, 5.74) is 1.05. The summed E-state index contributed by atoms with van der Waals surface area (Å²) in [4.78, 5) is 27.2. The van der Waals surface area contributed by atoms with Gasteiger partial charge in [0.2, 0.25) is 5.91 Å². The molecule has 24 heavy (non-hydrogen) atoms. The highest BCUT2D eigenvalue weighted by atomic mass is 35.5. The molecule has 1 aromatic rings. The number of carbonyl (C=O) groups is 2. The molecule has 1 aromatic carbocycles. The Hall–Kier alpha value is -1.59. The van der Waals surface area contributed by atoms with Crippen molar-refractivity contribution in [3.05, 3.63) is 28.8 Å². The van der Waals surface area contributed by atoms with Gasteiger partial charge in [0.15, 0.2) is 0 Å². The summed E-state index contributed by atoms with van der Waals surface area (Å²) in [7, 11) is 0. The highest BCUT2D eigenvalue weighted by molar-refractivity contribution is 6.31. The van der Waals surface area contributed by atoms with Crippen molar-refractivity contribution in [2.24, 2.45) is 5.92 Å². The van der Waals surface area contributed by atoms with E-state index < -0.39 is 0 Å². The zero-order chi connectivity index (χ0) is 17.1. The third kappa shape index (κ3) is 3.90. The van der Waals surface area contributed by atoms with Gasteiger partial charge in [-0.15, -0.1) is 0 Å². The van der Waals surface area contributed by atoms with E-state index in [0.29, 0.717) is 22.3 Å². The monoisotopic (exact) mass is 349 g/mol. The second-order valence-corrected chi connectivity index (χ2v) is 7.19. The van der Waals surface area contributed by atoms with Crippen molar-refractivity contribution in [2.45, 2.75) is 38.6 Å². The van der Waals surface area contributed by atoms with Crippen LogP contribution in [0.3, 0.4) is 0 Å². The second-order valence-electron chi connectivity index (χ2n) is 6.75. The van der Waals surface area contributed by atoms with Crippen molar-refractivity contribution in [1.29, 1.82) is 0 Å². The van der Waals surface area contributed by atoms with Gasteiger partial charge in [0.1, 0.15) is 0 Å². The molecule has 5 nitrogen and oxygen atoms in total. The number of rotatable bonds is 3. The summed E-state index contributed by atoms with van der Waals surface area (Å²) in [6, 6.07) is 5.44. The van der Waals surface area contributed by atoms with E-state index >= 15 is 0 Å². The summed E-state index contributed by atoms with van der Waals surface area (Å²) >= 11 is 6.08. The number of nitrogens with one attached hydrogen (secondary N) is 2. The maximum absolute atomic E-state index is 12.7. The maximum atomic E-state index is 12.7. The molecular formula is C18H24ClN3O2. The van der Waals surface area contributed by atoms with Crippen molar-refractivity contribution in [3.63, 3.8) is 0 Å². The molecule has 2 N–H and O–H groups in total. The Balaban J connectivity index is 1.77. The van der Waals surface area contributed by atoms with Crippen LogP contribution in [0.5, 0.6) is 0 Å². The van der Waals surface area contributed by atoms with Crippen molar-refractivity contribution < 1.29 is 9.59 Å². The Morgan fingerprint density at radius 3 is 2.75 bits per heavy atom. The van der Waals surface area contributed by atoms with Gasteiger partial charge in [0.25, 0.3) is 5.91 Å². The lowest BCUT2D eigenvalue weighted by atomic mass is 9.92. The molecule has 0 radical (unpaired) electrons. The summed E-state index contributed by atoms with van der Waals surface area (Å²) in [5, 5.41) is 6.81. The smallest absolute Gasteiger partial charge is 0.256 e. The number of likely N-dealkylation sites (tertiary alicyclic amines) is 1. The van der Waals surface area contributed by atoms with Crippen LogP contribution >= 0.6 is 11.6 Å². The van der Waals surface area contributed by atoms with Crippen LogP contribution in [0.25, 0.3) is 0 Å². The van der Waals surface area contributed by atoms with Crippen LogP contribution in [-0.4, -0.2) is 42.4 Å². The number of benzene rings is 1. The van der Waals surface area contributed by atoms with Gasteiger partial charge < -0.3 is 15.5 Å². The number of anilines is 1. The number of hydrogen-bond acceptors (Lipinski definition) is 3. The predicted molar refractivity (Wildman–Crippen MR) is 95.4 cm³/mol. The van der Waals surface area contributed by atoms with Gasteiger partial charge in [-0.05, 0) is 57.4 Å². The average Bonchev–Trinajstić information content (AvgIpc) is 3.10. The van der Waals surface area contributed by atoms with Gasteiger partial charge >= 0.3 is 0 Å². The first-order chi connectivity index (χ1) is 11.5. The van der Waals surface area contributed by atoms with Crippen LogP contribution in [0.4, 0.5) is 5.69 Å². The number of carbonyl (C=O) groups excluding carboxylic acids is 2. The van der Waals surface area contributed by atoms with E-state index in [9.17, 15) is 9.59 Å². The summed E-state index contributed by atoms with van der Waals surface area (Å²) in [6.07, 6.45) is 3.69. The fourth-order valence-corrected chi connectivity index (χ4v) is 3.67. The molecule has 2 aliphatic heterocycles. The standard InChI is InChI=1S/C18H24ClN3O2/c1-12-10-13(6-7-20-12)17(23)21-16-5-4-14(19)11-15(16)18(24)22-8-2-3-9-22/h4-5,11-13,20H,2-3,6-10H2,1H3,(H,21,23)/t12-,13-/m0/s1. The zero-order valence-electron chi connectivity index (χ0n) is 14.0. The molecule has 2 amide bonds. The summed E-state index contributed by atoms with van der Waals surface area (Å²) in [6.45, 7) is 4.47. The Morgan fingerprint density at radius 2 is 2.04 bits per heavy atom. The minimum absolute atomic E-state index is 0.0128. The third-order valence-electron chi connectivity index (χ3n) is 4.86. The van der Waals surface area contributed by atoms with E-state index in [2.05, 4.69) is 17.6 Å². The van der Waals surface area contributed by atoms with E-state index in [0.717, 1.165) is 45.3 Å². The van der Waals surface area contributed by atoms with Crippen molar-refractivity contribution >= 4 is 29.1 Å². The molecule has 2 atom stereocenters. The zero-order valence-corrected chi connectivity index (χ0v) is 14.7. The molecule has 2 heterocycles.